The predicted molar refractivity (Wildman–Crippen MR) is 89.2 cm³/mol. The summed E-state index contributed by atoms with van der Waals surface area (Å²) in [4.78, 5) is 19.2. The maximum atomic E-state index is 12.1. The van der Waals surface area contributed by atoms with Gasteiger partial charge in [-0.05, 0) is 17.9 Å². The topological polar surface area (TPSA) is 51.1 Å². The summed E-state index contributed by atoms with van der Waals surface area (Å²) in [6.45, 7) is 9.01. The van der Waals surface area contributed by atoms with E-state index in [9.17, 15) is 4.79 Å². The van der Waals surface area contributed by atoms with Crippen LogP contribution in [0, 0.1) is 17.8 Å². The minimum Gasteiger partial charge on any atom is -0.450 e. The molecule has 0 aromatic rings. The van der Waals surface area contributed by atoms with E-state index in [1.165, 1.54) is 0 Å². The van der Waals surface area contributed by atoms with Crippen LogP contribution in [0.15, 0.2) is 5.16 Å². The lowest BCUT2D eigenvalue weighted by atomic mass is 10.1. The van der Waals surface area contributed by atoms with Gasteiger partial charge in [0, 0.05) is 33.5 Å². The summed E-state index contributed by atoms with van der Waals surface area (Å²) in [6.07, 6.45) is 0.745. The molecule has 1 saturated heterocycles. The third kappa shape index (κ3) is 3.43. The quantitative estimate of drug-likeness (QED) is 0.569. The number of nitrogens with zero attached hydrogens (tertiary/aromatic N) is 2. The van der Waals surface area contributed by atoms with Crippen LogP contribution in [0.25, 0.3) is 0 Å². The van der Waals surface area contributed by atoms with Gasteiger partial charge in [-0.2, -0.15) is 0 Å². The Bertz CT molecular complexity index is 468. The molecule has 3 rings (SSSR count). The van der Waals surface area contributed by atoms with Gasteiger partial charge >= 0.3 is 6.09 Å². The van der Waals surface area contributed by atoms with E-state index in [2.05, 4.69) is 24.8 Å². The second kappa shape index (κ2) is 6.04. The van der Waals surface area contributed by atoms with Gasteiger partial charge in [0.05, 0.1) is 18.2 Å². The minimum atomic E-state index is -1.14. The molecule has 0 aromatic heterocycles. The molecule has 1 aliphatic carbocycles. The number of alkyl halides is 1. The normalized spacial score (nSPS) is 33.3. The molecule has 0 aromatic carbocycles. The van der Waals surface area contributed by atoms with E-state index in [-0.39, 0.29) is 12.2 Å². The van der Waals surface area contributed by atoms with Gasteiger partial charge in [0.25, 0.3) is 0 Å². The van der Waals surface area contributed by atoms with Crippen LogP contribution in [-0.4, -0.2) is 56.5 Å². The van der Waals surface area contributed by atoms with Crippen LogP contribution in [0.5, 0.6) is 0 Å². The molecule has 3 aliphatic rings. The van der Waals surface area contributed by atoms with Gasteiger partial charge in [-0.15, -0.1) is 11.6 Å². The van der Waals surface area contributed by atoms with E-state index < -0.39 is 8.07 Å². The highest BCUT2D eigenvalue weighted by molar-refractivity contribution is 6.76. The highest BCUT2D eigenvalue weighted by atomic mass is 35.5. The SMILES string of the molecule is C[Si](C)(C)CCOC(=O)N1C[C@@H]2C(C3=NOC(CCl)C3)[C@@H]2C1. The zero-order valence-corrected chi connectivity index (χ0v) is 15.3. The van der Waals surface area contributed by atoms with Crippen LogP contribution in [0.3, 0.4) is 0 Å². The lowest BCUT2D eigenvalue weighted by molar-refractivity contribution is 0.102. The fourth-order valence-electron chi connectivity index (χ4n) is 3.44. The van der Waals surface area contributed by atoms with Crippen LogP contribution in [-0.2, 0) is 9.57 Å². The number of hydrogen-bond donors (Lipinski definition) is 0. The molecule has 5 nitrogen and oxygen atoms in total. The zero-order valence-electron chi connectivity index (χ0n) is 13.5. The Labute approximate surface area is 138 Å². The maximum absolute atomic E-state index is 12.1. The smallest absolute Gasteiger partial charge is 0.409 e. The van der Waals surface area contributed by atoms with E-state index in [0.717, 1.165) is 31.3 Å². The highest BCUT2D eigenvalue weighted by Crippen LogP contribution is 2.53. The molecule has 0 radical (unpaired) electrons. The number of halogens is 1. The van der Waals surface area contributed by atoms with Gasteiger partial charge in [-0.3, -0.25) is 0 Å². The molecule has 2 aliphatic heterocycles. The number of rotatable bonds is 5. The van der Waals surface area contributed by atoms with Crippen molar-refractivity contribution >= 4 is 31.5 Å². The average molecular weight is 345 g/mol. The fraction of sp³-hybridized carbons (Fsp3) is 0.867. The number of amides is 1. The Kier molecular flexibility index (Phi) is 4.42. The molecule has 0 bridgehead atoms. The van der Waals surface area contributed by atoms with Gasteiger partial charge < -0.3 is 14.5 Å². The highest BCUT2D eigenvalue weighted by Gasteiger charge is 2.60. The molecule has 7 heteroatoms. The Morgan fingerprint density at radius 2 is 2.09 bits per heavy atom. The second-order valence-corrected chi connectivity index (χ2v) is 13.8. The first-order chi connectivity index (χ1) is 10.4. The Morgan fingerprint density at radius 1 is 1.41 bits per heavy atom. The molecule has 1 amide bonds. The number of oxime groups is 1. The third-order valence-electron chi connectivity index (χ3n) is 4.84. The van der Waals surface area contributed by atoms with E-state index in [1.54, 1.807) is 0 Å². The van der Waals surface area contributed by atoms with Crippen molar-refractivity contribution in [3.63, 3.8) is 0 Å². The summed E-state index contributed by atoms with van der Waals surface area (Å²) < 4.78 is 5.42. The predicted octanol–water partition coefficient (Wildman–Crippen LogP) is 3.02. The first-order valence-electron chi connectivity index (χ1n) is 8.09. The van der Waals surface area contributed by atoms with Crippen molar-refractivity contribution in [2.45, 2.75) is 38.2 Å². The molecular weight excluding hydrogens is 320 g/mol. The summed E-state index contributed by atoms with van der Waals surface area (Å²) >= 11 is 5.80. The number of carbonyl (C=O) groups is 1. The number of likely N-dealkylation sites (tertiary alicyclic amines) is 1. The van der Waals surface area contributed by atoms with Crippen LogP contribution < -0.4 is 0 Å². The lowest BCUT2D eigenvalue weighted by Gasteiger charge is -2.21. The van der Waals surface area contributed by atoms with Gasteiger partial charge in [-0.1, -0.05) is 24.8 Å². The molecule has 1 saturated carbocycles. The van der Waals surface area contributed by atoms with Gasteiger partial charge in [0.15, 0.2) is 0 Å². The fourth-order valence-corrected chi connectivity index (χ4v) is 4.32. The van der Waals surface area contributed by atoms with Gasteiger partial charge in [0.1, 0.15) is 6.10 Å². The van der Waals surface area contributed by atoms with Crippen molar-refractivity contribution in [3.05, 3.63) is 0 Å². The van der Waals surface area contributed by atoms with Crippen molar-refractivity contribution in [1.82, 2.24) is 4.90 Å². The molecule has 0 spiro atoms. The molecule has 0 N–H and O–H groups in total. The first kappa shape index (κ1) is 16.1. The first-order valence-corrected chi connectivity index (χ1v) is 12.3. The minimum absolute atomic E-state index is 0.0422. The second-order valence-electron chi connectivity index (χ2n) is 7.85. The van der Waals surface area contributed by atoms with Crippen LogP contribution >= 0.6 is 11.6 Å². The molecule has 22 heavy (non-hydrogen) atoms. The molecule has 2 heterocycles. The average Bonchev–Trinajstić information content (AvgIpc) is 2.85. The molecule has 124 valence electrons. The Morgan fingerprint density at radius 3 is 2.64 bits per heavy atom. The van der Waals surface area contributed by atoms with Crippen molar-refractivity contribution in [2.75, 3.05) is 25.6 Å². The maximum Gasteiger partial charge on any atom is 0.409 e. The van der Waals surface area contributed by atoms with Crippen LogP contribution in [0.1, 0.15) is 6.42 Å². The number of carbonyl (C=O) groups excluding carboxylic acids is 1. The summed E-state index contributed by atoms with van der Waals surface area (Å²) in [5.74, 6) is 2.08. The number of piperidine rings is 1. The number of ether oxygens (including phenoxy) is 1. The van der Waals surface area contributed by atoms with Gasteiger partial charge in [0.2, 0.25) is 0 Å². The summed E-state index contributed by atoms with van der Waals surface area (Å²) in [7, 11) is -1.14. The van der Waals surface area contributed by atoms with E-state index in [0.29, 0.717) is 30.2 Å². The van der Waals surface area contributed by atoms with Crippen LogP contribution in [0.2, 0.25) is 25.7 Å². The van der Waals surface area contributed by atoms with Crippen molar-refractivity contribution < 1.29 is 14.4 Å². The van der Waals surface area contributed by atoms with E-state index in [4.69, 9.17) is 21.2 Å². The molecule has 2 fully saturated rings. The Balaban J connectivity index is 1.40. The molecular formula is C15H25ClN2O3Si. The molecule has 4 atom stereocenters. The third-order valence-corrected chi connectivity index (χ3v) is 6.89. The summed E-state index contributed by atoms with van der Waals surface area (Å²) in [6, 6.07) is 1.02. The lowest BCUT2D eigenvalue weighted by Crippen LogP contribution is -2.34. The van der Waals surface area contributed by atoms with Crippen molar-refractivity contribution in [1.29, 1.82) is 0 Å². The van der Waals surface area contributed by atoms with Crippen LogP contribution in [0.4, 0.5) is 4.79 Å². The van der Waals surface area contributed by atoms with E-state index >= 15 is 0 Å². The Hall–Kier alpha value is -0.753. The summed E-state index contributed by atoms with van der Waals surface area (Å²) in [5, 5.41) is 4.18. The van der Waals surface area contributed by atoms with E-state index in [1.807, 2.05) is 4.90 Å². The molecule has 2 unspecified atom stereocenters. The zero-order chi connectivity index (χ0) is 15.9. The van der Waals surface area contributed by atoms with Crippen molar-refractivity contribution in [2.24, 2.45) is 22.9 Å². The standard InChI is InChI=1S/C15H25ClN2O3Si/c1-22(2,3)5-4-20-15(19)18-8-11-12(9-18)14(11)13-6-10(7-16)21-17-13/h10-12,14H,4-9H2,1-3H3/t10?,11-,12+,14?. The monoisotopic (exact) mass is 344 g/mol. The largest absolute Gasteiger partial charge is 0.450 e. The van der Waals surface area contributed by atoms with Crippen molar-refractivity contribution in [3.8, 4) is 0 Å². The van der Waals surface area contributed by atoms with Gasteiger partial charge in [-0.25, -0.2) is 4.79 Å². The number of hydrogen-bond acceptors (Lipinski definition) is 4. The number of fused-ring (bicyclic) bond motifs is 1. The summed E-state index contributed by atoms with van der Waals surface area (Å²) in [5.41, 5.74) is 1.15.